The van der Waals surface area contributed by atoms with Crippen molar-refractivity contribution in [2.45, 2.75) is 30.8 Å². The predicted molar refractivity (Wildman–Crippen MR) is 58.1 cm³/mol. The summed E-state index contributed by atoms with van der Waals surface area (Å²) in [6, 6.07) is -0.276. The van der Waals surface area contributed by atoms with Crippen molar-refractivity contribution in [3.05, 3.63) is 5.82 Å². The van der Waals surface area contributed by atoms with Crippen LogP contribution in [0.1, 0.15) is 12.2 Å². The van der Waals surface area contributed by atoms with Crippen molar-refractivity contribution in [1.29, 1.82) is 0 Å². The number of alkyl halides is 3. The first kappa shape index (κ1) is 12.1. The second kappa shape index (κ2) is 4.04. The van der Waals surface area contributed by atoms with Gasteiger partial charge < -0.3 is 15.8 Å². The van der Waals surface area contributed by atoms with Crippen molar-refractivity contribution in [3.63, 3.8) is 0 Å². The van der Waals surface area contributed by atoms with E-state index in [1.54, 1.807) is 0 Å². The lowest BCUT2D eigenvalue weighted by Gasteiger charge is -2.45. The first-order valence-electron chi connectivity index (χ1n) is 5.51. The summed E-state index contributed by atoms with van der Waals surface area (Å²) in [7, 11) is 0. The van der Waals surface area contributed by atoms with Gasteiger partial charge in [-0.3, -0.25) is 0 Å². The molecule has 0 spiro atoms. The van der Waals surface area contributed by atoms with Gasteiger partial charge in [-0.2, -0.15) is 22.5 Å². The molecule has 18 heavy (non-hydrogen) atoms. The normalized spacial score (nSPS) is 35.1. The van der Waals surface area contributed by atoms with Crippen LogP contribution in [0.15, 0.2) is 0 Å². The summed E-state index contributed by atoms with van der Waals surface area (Å²) in [6.45, 7) is 0.658. The van der Waals surface area contributed by atoms with Crippen LogP contribution in [0.3, 0.4) is 0 Å². The van der Waals surface area contributed by atoms with Crippen LogP contribution in [0.5, 0.6) is 0 Å². The average molecular weight is 280 g/mol. The van der Waals surface area contributed by atoms with Gasteiger partial charge in [-0.1, -0.05) is 0 Å². The average Bonchev–Trinajstić information content (AvgIpc) is 2.92. The SMILES string of the molecule is NC1C2CCOC2C1Nc1nc(C(F)(F)F)ns1. The number of ether oxygens (including phenoxy) is 1. The van der Waals surface area contributed by atoms with Gasteiger partial charge in [0.25, 0.3) is 0 Å². The van der Waals surface area contributed by atoms with Crippen LogP contribution < -0.4 is 11.1 Å². The van der Waals surface area contributed by atoms with Crippen LogP contribution in [0.25, 0.3) is 0 Å². The summed E-state index contributed by atoms with van der Waals surface area (Å²) in [5.41, 5.74) is 5.94. The van der Waals surface area contributed by atoms with Crippen molar-refractivity contribution in [3.8, 4) is 0 Å². The Hall–Kier alpha value is -0.930. The molecule has 1 aromatic heterocycles. The van der Waals surface area contributed by atoms with Crippen LogP contribution in [0.4, 0.5) is 18.3 Å². The Morgan fingerprint density at radius 3 is 2.89 bits per heavy atom. The van der Waals surface area contributed by atoms with Gasteiger partial charge in [-0.05, 0) is 6.42 Å². The molecule has 1 aliphatic heterocycles. The van der Waals surface area contributed by atoms with E-state index in [0.717, 1.165) is 6.42 Å². The van der Waals surface area contributed by atoms with Gasteiger partial charge in [0.05, 0.1) is 12.1 Å². The Morgan fingerprint density at radius 2 is 2.22 bits per heavy atom. The fourth-order valence-electron chi connectivity index (χ4n) is 2.47. The first-order valence-corrected chi connectivity index (χ1v) is 6.29. The third-order valence-electron chi connectivity index (χ3n) is 3.42. The summed E-state index contributed by atoms with van der Waals surface area (Å²) in [5.74, 6) is -0.815. The lowest BCUT2D eigenvalue weighted by molar-refractivity contribution is -0.144. The van der Waals surface area contributed by atoms with E-state index >= 15 is 0 Å². The summed E-state index contributed by atoms with van der Waals surface area (Å²) in [5, 5.41) is 3.02. The van der Waals surface area contributed by atoms with Crippen molar-refractivity contribution in [2.24, 2.45) is 11.7 Å². The van der Waals surface area contributed by atoms with E-state index in [-0.39, 0.29) is 23.3 Å². The standard InChI is InChI=1S/C9H11F3N4OS/c10-9(11,12)7-15-8(18-16-7)14-5-4(13)3-1-2-17-6(3)5/h3-6H,1-2,13H2,(H,14,15,16). The molecule has 1 aromatic rings. The third-order valence-corrected chi connectivity index (χ3v) is 4.06. The van der Waals surface area contributed by atoms with Crippen molar-refractivity contribution >= 4 is 16.7 Å². The Labute approximate surface area is 105 Å². The second-order valence-corrected chi connectivity index (χ2v) is 5.21. The van der Waals surface area contributed by atoms with Crippen molar-refractivity contribution in [2.75, 3.05) is 11.9 Å². The Balaban J connectivity index is 1.68. The number of fused-ring (bicyclic) bond motifs is 1. The molecule has 2 heterocycles. The fraction of sp³-hybridized carbons (Fsp3) is 0.778. The van der Waals surface area contributed by atoms with Gasteiger partial charge in [-0.25, -0.2) is 0 Å². The zero-order valence-electron chi connectivity index (χ0n) is 9.15. The highest BCUT2D eigenvalue weighted by molar-refractivity contribution is 7.09. The van der Waals surface area contributed by atoms with Crippen LogP contribution in [0.2, 0.25) is 0 Å². The highest BCUT2D eigenvalue weighted by Crippen LogP contribution is 2.39. The molecule has 5 nitrogen and oxygen atoms in total. The molecular formula is C9H11F3N4OS. The maximum Gasteiger partial charge on any atom is 0.452 e. The van der Waals surface area contributed by atoms with Crippen LogP contribution in [0, 0.1) is 5.92 Å². The summed E-state index contributed by atoms with van der Waals surface area (Å²) < 4.78 is 45.7. The molecule has 4 atom stereocenters. The molecule has 0 radical (unpaired) electrons. The second-order valence-electron chi connectivity index (χ2n) is 4.46. The summed E-state index contributed by atoms with van der Waals surface area (Å²) in [6.07, 6.45) is -3.61. The Bertz CT molecular complexity index is 451. The molecule has 9 heteroatoms. The van der Waals surface area contributed by atoms with Crippen molar-refractivity contribution in [1.82, 2.24) is 9.36 Å². The van der Waals surface area contributed by atoms with E-state index in [1.165, 1.54) is 0 Å². The van der Waals surface area contributed by atoms with Crippen LogP contribution in [-0.2, 0) is 10.9 Å². The Morgan fingerprint density at radius 1 is 1.44 bits per heavy atom. The fourth-order valence-corrected chi connectivity index (χ4v) is 3.10. The van der Waals surface area contributed by atoms with Gasteiger partial charge in [0.1, 0.15) is 0 Å². The number of aromatic nitrogens is 2. The van der Waals surface area contributed by atoms with Crippen LogP contribution >= 0.6 is 11.5 Å². The number of hydrogen-bond donors (Lipinski definition) is 2. The first-order chi connectivity index (χ1) is 8.47. The van der Waals surface area contributed by atoms with E-state index in [1.807, 2.05) is 0 Å². The molecule has 3 N–H and O–H groups in total. The molecule has 1 saturated carbocycles. The van der Waals surface area contributed by atoms with E-state index in [9.17, 15) is 13.2 Å². The van der Waals surface area contributed by atoms with Crippen LogP contribution in [-0.4, -0.2) is 34.2 Å². The smallest absolute Gasteiger partial charge is 0.376 e. The lowest BCUT2D eigenvalue weighted by atomic mass is 9.72. The molecule has 2 fully saturated rings. The minimum absolute atomic E-state index is 0.0155. The highest BCUT2D eigenvalue weighted by Gasteiger charge is 2.52. The van der Waals surface area contributed by atoms with E-state index in [0.29, 0.717) is 24.1 Å². The van der Waals surface area contributed by atoms with Gasteiger partial charge in [-0.15, -0.1) is 0 Å². The quantitative estimate of drug-likeness (QED) is 0.848. The molecule has 1 saturated heterocycles. The molecule has 100 valence electrons. The molecule has 3 rings (SSSR count). The number of nitrogens with one attached hydrogen (secondary N) is 1. The van der Waals surface area contributed by atoms with Gasteiger partial charge >= 0.3 is 6.18 Å². The monoisotopic (exact) mass is 280 g/mol. The van der Waals surface area contributed by atoms with E-state index in [4.69, 9.17) is 10.5 Å². The van der Waals surface area contributed by atoms with E-state index in [2.05, 4.69) is 14.7 Å². The van der Waals surface area contributed by atoms with E-state index < -0.39 is 12.0 Å². The van der Waals surface area contributed by atoms with Gasteiger partial charge in [0.2, 0.25) is 11.0 Å². The molecule has 0 bridgehead atoms. The summed E-state index contributed by atoms with van der Waals surface area (Å²) in [4.78, 5) is 3.41. The zero-order valence-corrected chi connectivity index (χ0v) is 9.96. The lowest BCUT2D eigenvalue weighted by Crippen LogP contribution is -2.65. The minimum atomic E-state index is -4.51. The Kier molecular flexibility index (Phi) is 2.72. The number of nitrogens with zero attached hydrogens (tertiary/aromatic N) is 2. The number of anilines is 1. The molecule has 0 aromatic carbocycles. The topological polar surface area (TPSA) is 73.1 Å². The van der Waals surface area contributed by atoms with Crippen molar-refractivity contribution < 1.29 is 17.9 Å². The number of halogens is 3. The minimum Gasteiger partial charge on any atom is -0.376 e. The molecule has 4 unspecified atom stereocenters. The largest absolute Gasteiger partial charge is 0.452 e. The number of hydrogen-bond acceptors (Lipinski definition) is 6. The maximum absolute atomic E-state index is 12.3. The zero-order chi connectivity index (χ0) is 12.9. The molecule has 1 aliphatic carbocycles. The predicted octanol–water partition coefficient (Wildman–Crippen LogP) is 1.08. The number of nitrogens with two attached hydrogens (primary N) is 1. The van der Waals surface area contributed by atoms with Gasteiger partial charge in [0, 0.05) is 30.1 Å². The molecular weight excluding hydrogens is 269 g/mol. The maximum atomic E-state index is 12.3. The number of rotatable bonds is 2. The highest BCUT2D eigenvalue weighted by atomic mass is 32.1. The summed E-state index contributed by atoms with van der Waals surface area (Å²) >= 11 is 0.687. The third kappa shape index (κ3) is 1.86. The molecule has 2 aliphatic rings. The molecule has 0 amide bonds. The van der Waals surface area contributed by atoms with Gasteiger partial charge in [0.15, 0.2) is 0 Å².